The van der Waals surface area contributed by atoms with E-state index in [-0.39, 0.29) is 0 Å². The number of rotatable bonds is 7. The summed E-state index contributed by atoms with van der Waals surface area (Å²) in [5.41, 5.74) is 3.91. The standard InChI is InChI=1S/C26H24N6O2S/c1-17-5-7-18(8-6-17)22-28-24(34-31-22)26(2,3)35-25-30-29-23(19-13-15-27-16-14-19)32(25)20-9-11-21(33-4)12-10-20/h5-16H,1-4H3. The van der Waals surface area contributed by atoms with Crippen molar-refractivity contribution < 1.29 is 9.26 Å². The quantitative estimate of drug-likeness (QED) is 0.271. The van der Waals surface area contributed by atoms with E-state index >= 15 is 0 Å². The zero-order valence-electron chi connectivity index (χ0n) is 19.8. The van der Waals surface area contributed by atoms with Crippen LogP contribution >= 0.6 is 11.8 Å². The Balaban J connectivity index is 1.52. The van der Waals surface area contributed by atoms with Crippen molar-refractivity contribution in [3.63, 3.8) is 0 Å². The average Bonchev–Trinajstić information content (AvgIpc) is 3.53. The Bertz CT molecular complexity index is 1430. The minimum atomic E-state index is -0.567. The van der Waals surface area contributed by atoms with Gasteiger partial charge in [-0.15, -0.1) is 10.2 Å². The van der Waals surface area contributed by atoms with Gasteiger partial charge in [-0.1, -0.05) is 46.7 Å². The van der Waals surface area contributed by atoms with Crippen molar-refractivity contribution in [2.45, 2.75) is 30.7 Å². The summed E-state index contributed by atoms with van der Waals surface area (Å²) in [7, 11) is 1.65. The van der Waals surface area contributed by atoms with E-state index in [2.05, 4.69) is 25.3 Å². The van der Waals surface area contributed by atoms with E-state index in [0.29, 0.717) is 22.7 Å². The van der Waals surface area contributed by atoms with Crippen LogP contribution in [0.4, 0.5) is 0 Å². The van der Waals surface area contributed by atoms with Gasteiger partial charge in [0.2, 0.25) is 11.7 Å². The lowest BCUT2D eigenvalue weighted by molar-refractivity contribution is 0.354. The molecule has 0 N–H and O–H groups in total. The van der Waals surface area contributed by atoms with Crippen LogP contribution in [-0.2, 0) is 4.75 Å². The maximum atomic E-state index is 5.69. The average molecular weight is 485 g/mol. The maximum Gasteiger partial charge on any atom is 0.243 e. The minimum Gasteiger partial charge on any atom is -0.497 e. The lowest BCUT2D eigenvalue weighted by atomic mass is 10.1. The minimum absolute atomic E-state index is 0.507. The van der Waals surface area contributed by atoms with Gasteiger partial charge < -0.3 is 9.26 Å². The molecule has 5 rings (SSSR count). The molecule has 0 saturated carbocycles. The summed E-state index contributed by atoms with van der Waals surface area (Å²) in [5, 5.41) is 14.0. The van der Waals surface area contributed by atoms with E-state index in [1.165, 1.54) is 17.3 Å². The first-order valence-electron chi connectivity index (χ1n) is 11.0. The fourth-order valence-corrected chi connectivity index (χ4v) is 4.54. The van der Waals surface area contributed by atoms with Gasteiger partial charge >= 0.3 is 0 Å². The predicted octanol–water partition coefficient (Wildman–Crippen LogP) is 5.72. The van der Waals surface area contributed by atoms with Gasteiger partial charge in [-0.3, -0.25) is 9.55 Å². The predicted molar refractivity (Wildman–Crippen MR) is 134 cm³/mol. The number of benzene rings is 2. The first-order valence-corrected chi connectivity index (χ1v) is 11.9. The van der Waals surface area contributed by atoms with Gasteiger partial charge in [-0.25, -0.2) is 0 Å². The second kappa shape index (κ2) is 9.34. The summed E-state index contributed by atoms with van der Waals surface area (Å²) in [6.07, 6.45) is 3.48. The third kappa shape index (κ3) is 4.67. The smallest absolute Gasteiger partial charge is 0.243 e. The fraction of sp³-hybridized carbons (Fsp3) is 0.192. The number of ether oxygens (including phenoxy) is 1. The molecule has 176 valence electrons. The van der Waals surface area contributed by atoms with Crippen molar-refractivity contribution in [2.24, 2.45) is 0 Å². The lowest BCUT2D eigenvalue weighted by Gasteiger charge is -2.19. The molecule has 0 spiro atoms. The Labute approximate surface area is 207 Å². The third-order valence-electron chi connectivity index (χ3n) is 5.50. The highest BCUT2D eigenvalue weighted by atomic mass is 32.2. The van der Waals surface area contributed by atoms with Crippen LogP contribution in [0.5, 0.6) is 5.75 Å². The van der Waals surface area contributed by atoms with Crippen LogP contribution in [0.25, 0.3) is 28.5 Å². The molecule has 0 saturated heterocycles. The molecule has 5 aromatic rings. The van der Waals surface area contributed by atoms with E-state index in [4.69, 9.17) is 9.26 Å². The Morgan fingerprint density at radius 3 is 2.29 bits per heavy atom. The topological polar surface area (TPSA) is 91.8 Å². The van der Waals surface area contributed by atoms with Crippen LogP contribution in [-0.4, -0.2) is 37.0 Å². The molecule has 9 heteroatoms. The fourth-order valence-electron chi connectivity index (χ4n) is 3.55. The highest BCUT2D eigenvalue weighted by Crippen LogP contribution is 2.41. The summed E-state index contributed by atoms with van der Waals surface area (Å²) in [5.74, 6) is 2.55. The number of aryl methyl sites for hydroxylation is 1. The van der Waals surface area contributed by atoms with Crippen LogP contribution in [0.3, 0.4) is 0 Å². The summed E-state index contributed by atoms with van der Waals surface area (Å²) in [6.45, 7) is 6.11. The monoisotopic (exact) mass is 484 g/mol. The third-order valence-corrected chi connectivity index (χ3v) is 6.63. The van der Waals surface area contributed by atoms with Crippen molar-refractivity contribution in [3.8, 4) is 34.2 Å². The number of hydrogen-bond donors (Lipinski definition) is 0. The zero-order valence-corrected chi connectivity index (χ0v) is 20.7. The van der Waals surface area contributed by atoms with E-state index in [9.17, 15) is 0 Å². The van der Waals surface area contributed by atoms with Crippen molar-refractivity contribution in [2.75, 3.05) is 7.11 Å². The van der Waals surface area contributed by atoms with E-state index < -0.39 is 4.75 Å². The lowest BCUT2D eigenvalue weighted by Crippen LogP contribution is -2.14. The maximum absolute atomic E-state index is 5.69. The van der Waals surface area contributed by atoms with Gasteiger partial charge in [0.05, 0.1) is 11.9 Å². The van der Waals surface area contributed by atoms with Crippen LogP contribution in [0.1, 0.15) is 25.3 Å². The number of hydrogen-bond acceptors (Lipinski definition) is 8. The van der Waals surface area contributed by atoms with Gasteiger partial charge in [0.25, 0.3) is 0 Å². The second-order valence-corrected chi connectivity index (χ2v) is 10.1. The Morgan fingerprint density at radius 2 is 1.60 bits per heavy atom. The van der Waals surface area contributed by atoms with Crippen LogP contribution < -0.4 is 4.74 Å². The van der Waals surface area contributed by atoms with E-state index in [1.807, 2.05) is 86.0 Å². The molecule has 8 nitrogen and oxygen atoms in total. The van der Waals surface area contributed by atoms with E-state index in [0.717, 1.165) is 22.6 Å². The number of thioether (sulfide) groups is 1. The van der Waals surface area contributed by atoms with Gasteiger partial charge in [-0.05, 0) is 57.2 Å². The SMILES string of the molecule is COc1ccc(-n2c(SC(C)(C)c3nc(-c4ccc(C)cc4)no3)nnc2-c2ccncc2)cc1. The van der Waals surface area contributed by atoms with Gasteiger partial charge in [0.1, 0.15) is 5.75 Å². The first-order chi connectivity index (χ1) is 16.9. The molecule has 0 amide bonds. The van der Waals surface area contributed by atoms with Crippen LogP contribution in [0, 0.1) is 6.92 Å². The number of nitrogens with zero attached hydrogens (tertiary/aromatic N) is 6. The summed E-state index contributed by atoms with van der Waals surface area (Å²) >= 11 is 1.50. The highest BCUT2D eigenvalue weighted by Gasteiger charge is 2.32. The van der Waals surface area contributed by atoms with Crippen molar-refractivity contribution >= 4 is 11.8 Å². The van der Waals surface area contributed by atoms with E-state index in [1.54, 1.807) is 19.5 Å². The number of aromatic nitrogens is 6. The highest BCUT2D eigenvalue weighted by molar-refractivity contribution is 8.00. The molecule has 3 aromatic heterocycles. The molecule has 3 heterocycles. The molecule has 35 heavy (non-hydrogen) atoms. The number of pyridine rings is 1. The van der Waals surface area contributed by atoms with Crippen molar-refractivity contribution in [1.82, 2.24) is 29.9 Å². The molecule has 2 aromatic carbocycles. The Hall–Kier alpha value is -3.98. The van der Waals surface area contributed by atoms with Gasteiger partial charge in [0, 0.05) is 29.2 Å². The molecule has 0 atom stereocenters. The summed E-state index contributed by atoms with van der Waals surface area (Å²) < 4.78 is 12.5. The molecule has 0 bridgehead atoms. The van der Waals surface area contributed by atoms with Crippen molar-refractivity contribution in [3.05, 3.63) is 84.5 Å². The second-order valence-electron chi connectivity index (χ2n) is 8.48. The Kier molecular flexibility index (Phi) is 6.08. The van der Waals surface area contributed by atoms with Gasteiger partial charge in [-0.2, -0.15) is 4.98 Å². The molecule has 0 aliphatic carbocycles. The normalized spacial score (nSPS) is 11.5. The van der Waals surface area contributed by atoms with Crippen molar-refractivity contribution in [1.29, 1.82) is 0 Å². The molecule has 0 aliphatic rings. The molecular formula is C26H24N6O2S. The number of methoxy groups -OCH3 is 1. The van der Waals surface area contributed by atoms with Crippen LogP contribution in [0.2, 0.25) is 0 Å². The zero-order chi connectivity index (χ0) is 24.4. The molecular weight excluding hydrogens is 460 g/mol. The molecule has 0 radical (unpaired) electrons. The largest absolute Gasteiger partial charge is 0.497 e. The summed E-state index contributed by atoms with van der Waals surface area (Å²) in [6, 6.07) is 19.7. The molecule has 0 aliphatic heterocycles. The first kappa shape index (κ1) is 22.8. The molecule has 0 unspecified atom stereocenters. The van der Waals surface area contributed by atoms with Gasteiger partial charge in [0.15, 0.2) is 11.0 Å². The summed E-state index contributed by atoms with van der Waals surface area (Å²) in [4.78, 5) is 8.81. The van der Waals surface area contributed by atoms with Crippen LogP contribution in [0.15, 0.2) is 82.7 Å². The molecule has 0 fully saturated rings. The Morgan fingerprint density at radius 1 is 0.886 bits per heavy atom.